The van der Waals surface area contributed by atoms with Gasteiger partial charge in [-0.2, -0.15) is 0 Å². The van der Waals surface area contributed by atoms with E-state index in [0.717, 1.165) is 17.4 Å². The maximum absolute atomic E-state index is 11.8. The zero-order valence-corrected chi connectivity index (χ0v) is 12.3. The van der Waals surface area contributed by atoms with Crippen molar-refractivity contribution in [3.8, 4) is 0 Å². The summed E-state index contributed by atoms with van der Waals surface area (Å²) in [6.07, 6.45) is 0.922. The summed E-state index contributed by atoms with van der Waals surface area (Å²) in [7, 11) is 1.99. The van der Waals surface area contributed by atoms with E-state index in [2.05, 4.69) is 39.9 Å². The zero-order valence-electron chi connectivity index (χ0n) is 10.7. The average Bonchev–Trinajstić information content (AvgIpc) is 2.30. The van der Waals surface area contributed by atoms with Crippen LogP contribution in [0.2, 0.25) is 0 Å². The predicted octanol–water partition coefficient (Wildman–Crippen LogP) is 3.50. The zero-order chi connectivity index (χ0) is 12.8. The lowest BCUT2D eigenvalue weighted by Gasteiger charge is -2.18. The third kappa shape index (κ3) is 5.00. The third-order valence-corrected chi connectivity index (χ3v) is 3.48. The standard InChI is InChI=1S/C14H20BrNO/c1-4-11(2)14(17)10-16(3)9-12-5-7-13(15)8-6-12/h5-8,11H,4,9-10H2,1-3H3. The van der Waals surface area contributed by atoms with Crippen molar-refractivity contribution in [2.75, 3.05) is 13.6 Å². The Balaban J connectivity index is 2.47. The smallest absolute Gasteiger partial charge is 0.149 e. The molecule has 0 aromatic heterocycles. The first-order valence-electron chi connectivity index (χ1n) is 5.98. The van der Waals surface area contributed by atoms with Crippen LogP contribution in [0.3, 0.4) is 0 Å². The number of carbonyl (C=O) groups excluding carboxylic acids is 1. The maximum atomic E-state index is 11.8. The number of benzene rings is 1. The minimum absolute atomic E-state index is 0.169. The van der Waals surface area contributed by atoms with Crippen LogP contribution in [0.5, 0.6) is 0 Å². The monoisotopic (exact) mass is 297 g/mol. The fraction of sp³-hybridized carbons (Fsp3) is 0.500. The normalized spacial score (nSPS) is 12.8. The van der Waals surface area contributed by atoms with Crippen molar-refractivity contribution in [1.29, 1.82) is 0 Å². The lowest BCUT2D eigenvalue weighted by Crippen LogP contribution is -2.28. The van der Waals surface area contributed by atoms with Gasteiger partial charge in [0.2, 0.25) is 0 Å². The SMILES string of the molecule is CCC(C)C(=O)CN(C)Cc1ccc(Br)cc1. The van der Waals surface area contributed by atoms with Gasteiger partial charge in [-0.3, -0.25) is 9.69 Å². The molecule has 2 nitrogen and oxygen atoms in total. The minimum atomic E-state index is 0.169. The van der Waals surface area contributed by atoms with Crippen LogP contribution < -0.4 is 0 Å². The van der Waals surface area contributed by atoms with Gasteiger partial charge in [0.05, 0.1) is 6.54 Å². The molecule has 0 amide bonds. The van der Waals surface area contributed by atoms with Gasteiger partial charge in [-0.1, -0.05) is 41.9 Å². The molecule has 1 unspecified atom stereocenters. The highest BCUT2D eigenvalue weighted by atomic mass is 79.9. The minimum Gasteiger partial charge on any atom is -0.298 e. The molecule has 0 fully saturated rings. The molecule has 0 radical (unpaired) electrons. The molecule has 1 rings (SSSR count). The second-order valence-electron chi connectivity index (χ2n) is 4.57. The maximum Gasteiger partial charge on any atom is 0.149 e. The fourth-order valence-corrected chi connectivity index (χ4v) is 1.87. The third-order valence-electron chi connectivity index (χ3n) is 2.95. The first-order chi connectivity index (χ1) is 8.02. The number of rotatable bonds is 6. The van der Waals surface area contributed by atoms with Crippen molar-refractivity contribution in [2.45, 2.75) is 26.8 Å². The van der Waals surface area contributed by atoms with E-state index in [1.807, 2.05) is 26.1 Å². The summed E-state index contributed by atoms with van der Waals surface area (Å²) in [5, 5.41) is 0. The van der Waals surface area contributed by atoms with Gasteiger partial charge in [0, 0.05) is 16.9 Å². The van der Waals surface area contributed by atoms with Crippen LogP contribution in [0.1, 0.15) is 25.8 Å². The molecule has 3 heteroatoms. The average molecular weight is 298 g/mol. The van der Waals surface area contributed by atoms with Crippen molar-refractivity contribution in [3.63, 3.8) is 0 Å². The Kier molecular flexibility index (Phi) is 5.86. The van der Waals surface area contributed by atoms with E-state index in [4.69, 9.17) is 0 Å². The largest absolute Gasteiger partial charge is 0.298 e. The number of carbonyl (C=O) groups is 1. The quantitative estimate of drug-likeness (QED) is 0.801. The van der Waals surface area contributed by atoms with Gasteiger partial charge in [-0.05, 0) is 31.2 Å². The van der Waals surface area contributed by atoms with Gasteiger partial charge in [0.25, 0.3) is 0 Å². The molecule has 1 atom stereocenters. The van der Waals surface area contributed by atoms with E-state index in [1.54, 1.807) is 0 Å². The van der Waals surface area contributed by atoms with Gasteiger partial charge in [-0.25, -0.2) is 0 Å². The summed E-state index contributed by atoms with van der Waals surface area (Å²) >= 11 is 3.41. The Morgan fingerprint density at radius 1 is 1.35 bits per heavy atom. The van der Waals surface area contributed by atoms with Crippen LogP contribution in [0.4, 0.5) is 0 Å². The molecule has 0 heterocycles. The molecule has 0 aliphatic rings. The molecular formula is C14H20BrNO. The van der Waals surface area contributed by atoms with Crippen molar-refractivity contribution in [1.82, 2.24) is 4.90 Å². The van der Waals surface area contributed by atoms with E-state index >= 15 is 0 Å². The summed E-state index contributed by atoms with van der Waals surface area (Å²) in [6, 6.07) is 8.21. The van der Waals surface area contributed by atoms with Gasteiger partial charge < -0.3 is 0 Å². The summed E-state index contributed by atoms with van der Waals surface area (Å²) in [5.41, 5.74) is 1.23. The molecule has 0 aliphatic heterocycles. The lowest BCUT2D eigenvalue weighted by atomic mass is 10.0. The second-order valence-corrected chi connectivity index (χ2v) is 5.49. The number of halogens is 1. The molecule has 0 aliphatic carbocycles. The molecule has 0 spiro atoms. The molecule has 0 saturated carbocycles. The summed E-state index contributed by atoms with van der Waals surface area (Å²) in [5.74, 6) is 0.495. The van der Waals surface area contributed by atoms with E-state index in [9.17, 15) is 4.79 Å². The highest BCUT2D eigenvalue weighted by Crippen LogP contribution is 2.12. The van der Waals surface area contributed by atoms with Gasteiger partial charge in [0.1, 0.15) is 5.78 Å². The Hall–Kier alpha value is -0.670. The molecule has 17 heavy (non-hydrogen) atoms. The molecule has 0 bridgehead atoms. The molecule has 0 saturated heterocycles. The van der Waals surface area contributed by atoms with Crippen molar-refractivity contribution < 1.29 is 4.79 Å². The number of hydrogen-bond donors (Lipinski definition) is 0. The number of nitrogens with zero attached hydrogens (tertiary/aromatic N) is 1. The van der Waals surface area contributed by atoms with E-state index in [-0.39, 0.29) is 5.92 Å². The van der Waals surface area contributed by atoms with Crippen LogP contribution in [0.15, 0.2) is 28.7 Å². The van der Waals surface area contributed by atoms with E-state index in [0.29, 0.717) is 12.3 Å². The summed E-state index contributed by atoms with van der Waals surface area (Å²) < 4.78 is 1.08. The van der Waals surface area contributed by atoms with Crippen LogP contribution in [0, 0.1) is 5.92 Å². The van der Waals surface area contributed by atoms with Crippen molar-refractivity contribution in [3.05, 3.63) is 34.3 Å². The molecule has 1 aromatic carbocycles. The predicted molar refractivity (Wildman–Crippen MR) is 74.9 cm³/mol. The van der Waals surface area contributed by atoms with Crippen LogP contribution in [0.25, 0.3) is 0 Å². The van der Waals surface area contributed by atoms with E-state index < -0.39 is 0 Å². The number of Topliss-reactive ketones (excluding diaryl/α,β-unsaturated/α-hetero) is 1. The van der Waals surface area contributed by atoms with Crippen LogP contribution in [-0.4, -0.2) is 24.3 Å². The second kappa shape index (κ2) is 6.92. The number of ketones is 1. The Bertz CT molecular complexity index is 361. The highest BCUT2D eigenvalue weighted by molar-refractivity contribution is 9.10. The van der Waals surface area contributed by atoms with Crippen LogP contribution >= 0.6 is 15.9 Å². The lowest BCUT2D eigenvalue weighted by molar-refractivity contribution is -0.123. The summed E-state index contributed by atoms with van der Waals surface area (Å²) in [4.78, 5) is 13.8. The first kappa shape index (κ1) is 14.4. The Labute approximate surface area is 112 Å². The highest BCUT2D eigenvalue weighted by Gasteiger charge is 2.13. The van der Waals surface area contributed by atoms with Crippen LogP contribution in [-0.2, 0) is 11.3 Å². The fourth-order valence-electron chi connectivity index (χ4n) is 1.61. The van der Waals surface area contributed by atoms with Crippen molar-refractivity contribution >= 4 is 21.7 Å². The first-order valence-corrected chi connectivity index (χ1v) is 6.78. The molecule has 94 valence electrons. The topological polar surface area (TPSA) is 20.3 Å². The molecule has 0 N–H and O–H groups in total. The molecule has 1 aromatic rings. The summed E-state index contributed by atoms with van der Waals surface area (Å²) in [6.45, 7) is 5.40. The van der Waals surface area contributed by atoms with Gasteiger partial charge in [0.15, 0.2) is 0 Å². The van der Waals surface area contributed by atoms with E-state index in [1.165, 1.54) is 5.56 Å². The van der Waals surface area contributed by atoms with Crippen molar-refractivity contribution in [2.24, 2.45) is 5.92 Å². The van der Waals surface area contributed by atoms with Gasteiger partial charge >= 0.3 is 0 Å². The molecular weight excluding hydrogens is 278 g/mol. The van der Waals surface area contributed by atoms with Gasteiger partial charge in [-0.15, -0.1) is 0 Å². The number of hydrogen-bond acceptors (Lipinski definition) is 2. The Morgan fingerprint density at radius 3 is 2.47 bits per heavy atom. The Morgan fingerprint density at radius 2 is 1.94 bits per heavy atom. The number of likely N-dealkylation sites (N-methyl/N-ethyl adjacent to an activating group) is 1.